The van der Waals surface area contributed by atoms with E-state index in [0.29, 0.717) is 43.0 Å². The molecule has 1 heterocycles. The van der Waals surface area contributed by atoms with Gasteiger partial charge in [-0.25, -0.2) is 0 Å². The van der Waals surface area contributed by atoms with Gasteiger partial charge in [-0.15, -0.1) is 0 Å². The maximum atomic E-state index is 12.8. The highest BCUT2D eigenvalue weighted by Crippen LogP contribution is 2.19. The van der Waals surface area contributed by atoms with Crippen LogP contribution in [0.5, 0.6) is 0 Å². The zero-order valence-electron chi connectivity index (χ0n) is 18.7. The molecule has 3 amide bonds. The Hall–Kier alpha value is -4.07. The molecule has 7 nitrogen and oxygen atoms in total. The average Bonchev–Trinajstić information content (AvgIpc) is 2.91. The largest absolute Gasteiger partial charge is 0.437 e. The highest BCUT2D eigenvalue weighted by atomic mass is 16.2. The van der Waals surface area contributed by atoms with E-state index < -0.39 is 0 Å². The van der Waals surface area contributed by atoms with E-state index in [1.54, 1.807) is 46.2 Å². The second-order valence-electron chi connectivity index (χ2n) is 7.99. The van der Waals surface area contributed by atoms with E-state index in [0.717, 1.165) is 11.1 Å². The monoisotopic (exact) mass is 452 g/mol. The van der Waals surface area contributed by atoms with Gasteiger partial charge in [-0.3, -0.25) is 14.4 Å². The van der Waals surface area contributed by atoms with Gasteiger partial charge in [-0.05, 0) is 35.4 Å². The van der Waals surface area contributed by atoms with Crippen LogP contribution in [0.15, 0.2) is 78.9 Å². The molecule has 8 heteroatoms. The van der Waals surface area contributed by atoms with Crippen LogP contribution in [-0.4, -0.2) is 68.2 Å². The first kappa shape index (κ1) is 23.1. The van der Waals surface area contributed by atoms with Gasteiger partial charge >= 0.3 is 0 Å². The molecule has 2 N–H and O–H groups in total. The minimum Gasteiger partial charge on any atom is -0.437 e. The number of nitrogens with zero attached hydrogens (tertiary/aromatic N) is 2. The van der Waals surface area contributed by atoms with Gasteiger partial charge in [0, 0.05) is 37.4 Å². The molecule has 4 rings (SSSR count). The molecule has 34 heavy (non-hydrogen) atoms. The van der Waals surface area contributed by atoms with E-state index in [9.17, 15) is 14.4 Å². The van der Waals surface area contributed by atoms with Crippen LogP contribution in [0.4, 0.5) is 5.69 Å². The molecule has 1 fully saturated rings. The van der Waals surface area contributed by atoms with Crippen molar-refractivity contribution >= 4 is 31.4 Å². The Morgan fingerprint density at radius 1 is 0.735 bits per heavy atom. The van der Waals surface area contributed by atoms with Crippen LogP contribution in [0.3, 0.4) is 0 Å². The van der Waals surface area contributed by atoms with E-state index in [2.05, 4.69) is 10.5 Å². The van der Waals surface area contributed by atoms with Crippen molar-refractivity contribution in [2.75, 3.05) is 38.0 Å². The van der Waals surface area contributed by atoms with E-state index in [1.807, 2.05) is 42.5 Å². The van der Waals surface area contributed by atoms with Crippen LogP contribution in [0.2, 0.25) is 0 Å². The van der Waals surface area contributed by atoms with Crippen LogP contribution in [0.25, 0.3) is 11.1 Å². The van der Waals surface area contributed by atoms with Gasteiger partial charge in [0.25, 0.3) is 11.8 Å². The molecule has 0 saturated carbocycles. The van der Waals surface area contributed by atoms with Crippen molar-refractivity contribution in [3.8, 4) is 11.1 Å². The average molecular weight is 452 g/mol. The summed E-state index contributed by atoms with van der Waals surface area (Å²) in [5, 5.41) is 5.24. The molecule has 0 spiro atoms. The van der Waals surface area contributed by atoms with Gasteiger partial charge in [-0.1, -0.05) is 54.6 Å². The van der Waals surface area contributed by atoms with Crippen LogP contribution >= 0.6 is 0 Å². The summed E-state index contributed by atoms with van der Waals surface area (Å²) < 4.78 is 0. The van der Waals surface area contributed by atoms with E-state index in [1.165, 1.54) is 0 Å². The number of anilines is 1. The fraction of sp³-hybridized carbons (Fsp3) is 0.192. The molecular formula is C26H25BN4O3. The van der Waals surface area contributed by atoms with Crippen LogP contribution in [0.1, 0.15) is 20.7 Å². The highest BCUT2D eigenvalue weighted by Gasteiger charge is 2.26. The third-order valence-electron chi connectivity index (χ3n) is 5.89. The van der Waals surface area contributed by atoms with Crippen molar-refractivity contribution < 1.29 is 14.4 Å². The predicted molar refractivity (Wildman–Crippen MR) is 133 cm³/mol. The van der Waals surface area contributed by atoms with Gasteiger partial charge in [0.1, 0.15) is 0 Å². The quantitative estimate of drug-likeness (QED) is 0.564. The normalized spacial score (nSPS) is 13.3. The molecule has 0 atom stereocenters. The Bertz CT molecular complexity index is 1160. The van der Waals surface area contributed by atoms with Crippen molar-refractivity contribution in [1.29, 1.82) is 0 Å². The number of rotatable bonds is 6. The number of amides is 3. The number of benzene rings is 3. The summed E-state index contributed by atoms with van der Waals surface area (Å²) in [6.07, 6.45) is 0. The SMILES string of the molecule is [B]Nc1ccccc1C(=O)N1CCN(C(=O)CNC(=O)c2ccc(-c3ccccc3)cc2)CC1. The van der Waals surface area contributed by atoms with E-state index in [4.69, 9.17) is 7.98 Å². The fourth-order valence-electron chi connectivity index (χ4n) is 3.94. The van der Waals surface area contributed by atoms with Crippen molar-refractivity contribution in [2.24, 2.45) is 0 Å². The van der Waals surface area contributed by atoms with Gasteiger partial charge in [-0.2, -0.15) is 0 Å². The molecular weight excluding hydrogens is 427 g/mol. The molecule has 0 bridgehead atoms. The van der Waals surface area contributed by atoms with Gasteiger partial charge < -0.3 is 20.3 Å². The summed E-state index contributed by atoms with van der Waals surface area (Å²) in [5.41, 5.74) is 3.64. The summed E-state index contributed by atoms with van der Waals surface area (Å²) in [5.74, 6) is -0.606. The first-order valence-corrected chi connectivity index (χ1v) is 11.1. The molecule has 1 aliphatic heterocycles. The lowest BCUT2D eigenvalue weighted by Gasteiger charge is -2.35. The maximum absolute atomic E-state index is 12.8. The minimum absolute atomic E-state index is 0.0901. The highest BCUT2D eigenvalue weighted by molar-refractivity contribution is 6.18. The first-order valence-electron chi connectivity index (χ1n) is 11.1. The van der Waals surface area contributed by atoms with Gasteiger partial charge in [0.05, 0.1) is 12.1 Å². The summed E-state index contributed by atoms with van der Waals surface area (Å²) >= 11 is 0. The van der Waals surface area contributed by atoms with Crippen molar-refractivity contribution in [3.63, 3.8) is 0 Å². The van der Waals surface area contributed by atoms with E-state index in [-0.39, 0.29) is 24.3 Å². The van der Waals surface area contributed by atoms with Crippen LogP contribution in [-0.2, 0) is 4.79 Å². The molecule has 3 aromatic carbocycles. The predicted octanol–water partition coefficient (Wildman–Crippen LogP) is 2.56. The van der Waals surface area contributed by atoms with E-state index >= 15 is 0 Å². The lowest BCUT2D eigenvalue weighted by molar-refractivity contribution is -0.131. The molecule has 3 aromatic rings. The third kappa shape index (κ3) is 5.28. The molecule has 1 aliphatic rings. The van der Waals surface area contributed by atoms with Gasteiger partial charge in [0.15, 0.2) is 0 Å². The Labute approximate surface area is 200 Å². The van der Waals surface area contributed by atoms with Crippen molar-refractivity contribution in [3.05, 3.63) is 90.0 Å². The summed E-state index contributed by atoms with van der Waals surface area (Å²) in [6.45, 7) is 1.55. The maximum Gasteiger partial charge on any atom is 0.256 e. The standard InChI is InChI=1S/C26H25BN4O3/c27-29-23-9-5-4-8-22(23)26(34)31-16-14-30(15-17-31)24(32)18-28-25(33)21-12-10-20(11-13-21)19-6-2-1-3-7-19/h1-13,29H,14-18H2,(H,28,33). The number of para-hydroxylation sites is 1. The molecule has 1 saturated heterocycles. The molecule has 0 aliphatic carbocycles. The number of nitrogens with one attached hydrogen (secondary N) is 2. The summed E-state index contributed by atoms with van der Waals surface area (Å²) in [4.78, 5) is 41.3. The molecule has 170 valence electrons. The Kier molecular flexibility index (Phi) is 7.27. The second-order valence-corrected chi connectivity index (χ2v) is 7.99. The zero-order chi connectivity index (χ0) is 23.9. The topological polar surface area (TPSA) is 81.8 Å². The Morgan fingerprint density at radius 3 is 2.00 bits per heavy atom. The Morgan fingerprint density at radius 2 is 1.32 bits per heavy atom. The number of piperazine rings is 1. The zero-order valence-corrected chi connectivity index (χ0v) is 18.7. The Balaban J connectivity index is 1.26. The second kappa shape index (κ2) is 10.7. The smallest absolute Gasteiger partial charge is 0.256 e. The van der Waals surface area contributed by atoms with Crippen LogP contribution in [0, 0.1) is 0 Å². The molecule has 0 aromatic heterocycles. The lowest BCUT2D eigenvalue weighted by Crippen LogP contribution is -2.52. The number of hydrogen-bond donors (Lipinski definition) is 2. The van der Waals surface area contributed by atoms with Gasteiger partial charge in [0.2, 0.25) is 13.9 Å². The molecule has 2 radical (unpaired) electrons. The number of hydrogen-bond acceptors (Lipinski definition) is 4. The first-order chi connectivity index (χ1) is 16.6. The third-order valence-corrected chi connectivity index (χ3v) is 5.89. The summed E-state index contributed by atoms with van der Waals surface area (Å²) in [7, 11) is 5.51. The van der Waals surface area contributed by atoms with Crippen molar-refractivity contribution in [2.45, 2.75) is 0 Å². The minimum atomic E-state index is -0.298. The lowest BCUT2D eigenvalue weighted by atomic mass is 10.0. The number of carbonyl (C=O) groups is 3. The molecule has 0 unspecified atom stereocenters. The van der Waals surface area contributed by atoms with Crippen molar-refractivity contribution in [1.82, 2.24) is 15.1 Å². The number of carbonyl (C=O) groups excluding carboxylic acids is 3. The fourth-order valence-corrected chi connectivity index (χ4v) is 3.94. The summed E-state index contributed by atoms with van der Waals surface area (Å²) in [6, 6.07) is 24.2. The van der Waals surface area contributed by atoms with Crippen LogP contribution < -0.4 is 10.5 Å².